The highest BCUT2D eigenvalue weighted by Gasteiger charge is 1.97. The SMILES string of the molecule is CC.CCOc1ccc(CC)c(C)c1. The second kappa shape index (κ2) is 7.43. The van der Waals surface area contributed by atoms with Crippen LogP contribution in [0.3, 0.4) is 0 Å². The molecule has 0 spiro atoms. The summed E-state index contributed by atoms with van der Waals surface area (Å²) in [4.78, 5) is 0. The first-order chi connectivity index (χ1) is 6.77. The Morgan fingerprint density at radius 1 is 1.14 bits per heavy atom. The molecule has 0 atom stereocenters. The van der Waals surface area contributed by atoms with E-state index in [-0.39, 0.29) is 0 Å². The zero-order chi connectivity index (χ0) is 11.0. The van der Waals surface area contributed by atoms with Crippen molar-refractivity contribution in [2.45, 2.75) is 41.0 Å². The van der Waals surface area contributed by atoms with Gasteiger partial charge in [0, 0.05) is 0 Å². The van der Waals surface area contributed by atoms with E-state index in [2.05, 4.69) is 26.0 Å². The largest absolute Gasteiger partial charge is 0.494 e. The molecule has 0 unspecified atom stereocenters. The van der Waals surface area contributed by atoms with Crippen molar-refractivity contribution >= 4 is 0 Å². The molecule has 0 radical (unpaired) electrons. The van der Waals surface area contributed by atoms with E-state index in [1.54, 1.807) is 0 Å². The molecule has 0 heterocycles. The Balaban J connectivity index is 0.000000791. The molecule has 0 aliphatic rings. The van der Waals surface area contributed by atoms with Gasteiger partial charge in [-0.25, -0.2) is 0 Å². The molecule has 1 nitrogen and oxygen atoms in total. The molecule has 1 heteroatoms. The van der Waals surface area contributed by atoms with Gasteiger partial charge in [-0.15, -0.1) is 0 Å². The van der Waals surface area contributed by atoms with Gasteiger partial charge in [0.05, 0.1) is 6.61 Å². The molecule has 0 bridgehead atoms. The van der Waals surface area contributed by atoms with Gasteiger partial charge in [-0.05, 0) is 43.5 Å². The lowest BCUT2D eigenvalue weighted by atomic mass is 10.1. The maximum atomic E-state index is 5.39. The lowest BCUT2D eigenvalue weighted by Gasteiger charge is -2.06. The molecule has 0 N–H and O–H groups in total. The summed E-state index contributed by atoms with van der Waals surface area (Å²) in [5, 5.41) is 0. The minimum Gasteiger partial charge on any atom is -0.494 e. The lowest BCUT2D eigenvalue weighted by molar-refractivity contribution is 0.340. The topological polar surface area (TPSA) is 9.23 Å². The number of rotatable bonds is 3. The summed E-state index contributed by atoms with van der Waals surface area (Å²) in [6.45, 7) is 11.0. The number of aryl methyl sites for hydroxylation is 2. The first-order valence-electron chi connectivity index (χ1n) is 5.50. The summed E-state index contributed by atoms with van der Waals surface area (Å²) in [5.74, 6) is 0.979. The van der Waals surface area contributed by atoms with E-state index in [9.17, 15) is 0 Å². The molecule has 1 aromatic carbocycles. The Morgan fingerprint density at radius 2 is 1.79 bits per heavy atom. The highest BCUT2D eigenvalue weighted by molar-refractivity contribution is 5.34. The maximum absolute atomic E-state index is 5.39. The number of hydrogen-bond acceptors (Lipinski definition) is 1. The van der Waals surface area contributed by atoms with Crippen LogP contribution in [0.4, 0.5) is 0 Å². The summed E-state index contributed by atoms with van der Waals surface area (Å²) in [6.07, 6.45) is 1.10. The summed E-state index contributed by atoms with van der Waals surface area (Å²) in [5.41, 5.74) is 2.72. The average Bonchev–Trinajstić information content (AvgIpc) is 2.22. The fourth-order valence-corrected chi connectivity index (χ4v) is 1.32. The quantitative estimate of drug-likeness (QED) is 0.707. The average molecular weight is 194 g/mol. The monoisotopic (exact) mass is 194 g/mol. The summed E-state index contributed by atoms with van der Waals surface area (Å²) >= 11 is 0. The van der Waals surface area contributed by atoms with Gasteiger partial charge >= 0.3 is 0 Å². The van der Waals surface area contributed by atoms with Crippen molar-refractivity contribution in [2.24, 2.45) is 0 Å². The molecule has 0 fully saturated rings. The molecule has 0 saturated heterocycles. The van der Waals surface area contributed by atoms with Crippen LogP contribution in [0, 0.1) is 6.92 Å². The molecular weight excluding hydrogens is 172 g/mol. The highest BCUT2D eigenvalue weighted by atomic mass is 16.5. The third kappa shape index (κ3) is 3.82. The van der Waals surface area contributed by atoms with Crippen molar-refractivity contribution in [3.63, 3.8) is 0 Å². The van der Waals surface area contributed by atoms with Gasteiger partial charge in [0.15, 0.2) is 0 Å². The van der Waals surface area contributed by atoms with Crippen LogP contribution in [0.1, 0.15) is 38.8 Å². The van der Waals surface area contributed by atoms with Crippen molar-refractivity contribution < 1.29 is 4.74 Å². The maximum Gasteiger partial charge on any atom is 0.119 e. The van der Waals surface area contributed by atoms with Crippen LogP contribution < -0.4 is 4.74 Å². The first-order valence-corrected chi connectivity index (χ1v) is 5.50. The second-order valence-corrected chi connectivity index (χ2v) is 2.87. The molecule has 0 aliphatic heterocycles. The zero-order valence-electron chi connectivity index (χ0n) is 10.1. The molecule has 80 valence electrons. The molecule has 0 amide bonds. The molecule has 0 aromatic heterocycles. The Hall–Kier alpha value is -0.980. The van der Waals surface area contributed by atoms with Gasteiger partial charge in [0.25, 0.3) is 0 Å². The van der Waals surface area contributed by atoms with Gasteiger partial charge < -0.3 is 4.74 Å². The van der Waals surface area contributed by atoms with Gasteiger partial charge in [0.1, 0.15) is 5.75 Å². The van der Waals surface area contributed by atoms with Crippen LogP contribution in [0.2, 0.25) is 0 Å². The normalized spacial score (nSPS) is 8.93. The number of hydrogen-bond donors (Lipinski definition) is 0. The lowest BCUT2D eigenvalue weighted by Crippen LogP contribution is -1.93. The smallest absolute Gasteiger partial charge is 0.119 e. The van der Waals surface area contributed by atoms with E-state index in [0.717, 1.165) is 18.8 Å². The van der Waals surface area contributed by atoms with Crippen LogP contribution in [0.15, 0.2) is 18.2 Å². The molecular formula is C13H22O. The molecule has 0 aliphatic carbocycles. The van der Waals surface area contributed by atoms with Crippen molar-refractivity contribution in [3.05, 3.63) is 29.3 Å². The molecule has 0 saturated carbocycles. The van der Waals surface area contributed by atoms with Crippen molar-refractivity contribution in [1.82, 2.24) is 0 Å². The van der Waals surface area contributed by atoms with Crippen LogP contribution >= 0.6 is 0 Å². The predicted octanol–water partition coefficient (Wildman–Crippen LogP) is 3.98. The minimum absolute atomic E-state index is 0.741. The van der Waals surface area contributed by atoms with E-state index >= 15 is 0 Å². The third-order valence-corrected chi connectivity index (χ3v) is 2.01. The predicted molar refractivity (Wildman–Crippen MR) is 63.1 cm³/mol. The fourth-order valence-electron chi connectivity index (χ4n) is 1.32. The highest BCUT2D eigenvalue weighted by Crippen LogP contribution is 2.17. The minimum atomic E-state index is 0.741. The van der Waals surface area contributed by atoms with Gasteiger partial charge in [-0.2, -0.15) is 0 Å². The third-order valence-electron chi connectivity index (χ3n) is 2.01. The van der Waals surface area contributed by atoms with Gasteiger partial charge in [-0.1, -0.05) is 26.8 Å². The van der Waals surface area contributed by atoms with E-state index in [0.29, 0.717) is 0 Å². The van der Waals surface area contributed by atoms with E-state index < -0.39 is 0 Å². The van der Waals surface area contributed by atoms with Crippen LogP contribution in [-0.2, 0) is 6.42 Å². The summed E-state index contributed by atoms with van der Waals surface area (Å²) < 4.78 is 5.39. The first kappa shape index (κ1) is 13.0. The standard InChI is InChI=1S/C11H16O.C2H6/c1-4-10-6-7-11(12-5-2)8-9(10)3;1-2/h6-8H,4-5H2,1-3H3;1-2H3. The van der Waals surface area contributed by atoms with E-state index in [4.69, 9.17) is 4.74 Å². The van der Waals surface area contributed by atoms with Gasteiger partial charge in [-0.3, -0.25) is 0 Å². The van der Waals surface area contributed by atoms with Crippen molar-refractivity contribution in [3.8, 4) is 5.75 Å². The van der Waals surface area contributed by atoms with Crippen LogP contribution in [0.25, 0.3) is 0 Å². The Labute approximate surface area is 88.1 Å². The Bertz CT molecular complexity index is 253. The molecule has 1 rings (SSSR count). The van der Waals surface area contributed by atoms with E-state index in [1.807, 2.05) is 26.8 Å². The van der Waals surface area contributed by atoms with E-state index in [1.165, 1.54) is 11.1 Å². The van der Waals surface area contributed by atoms with Gasteiger partial charge in [0.2, 0.25) is 0 Å². The van der Waals surface area contributed by atoms with Crippen molar-refractivity contribution in [2.75, 3.05) is 6.61 Å². The molecule has 14 heavy (non-hydrogen) atoms. The van der Waals surface area contributed by atoms with Crippen molar-refractivity contribution in [1.29, 1.82) is 0 Å². The van der Waals surface area contributed by atoms with Crippen LogP contribution in [-0.4, -0.2) is 6.61 Å². The number of ether oxygens (including phenoxy) is 1. The Morgan fingerprint density at radius 3 is 2.21 bits per heavy atom. The summed E-state index contributed by atoms with van der Waals surface area (Å²) in [6, 6.07) is 6.28. The second-order valence-electron chi connectivity index (χ2n) is 2.87. The Kier molecular flexibility index (Phi) is 6.91. The fraction of sp³-hybridized carbons (Fsp3) is 0.538. The zero-order valence-corrected chi connectivity index (χ0v) is 10.1. The summed E-state index contributed by atoms with van der Waals surface area (Å²) in [7, 11) is 0. The number of benzene rings is 1. The van der Waals surface area contributed by atoms with Crippen LogP contribution in [0.5, 0.6) is 5.75 Å². The molecule has 1 aromatic rings.